The predicted octanol–water partition coefficient (Wildman–Crippen LogP) is 6.47. The molecule has 1 saturated heterocycles. The number of piperidine rings is 1. The topological polar surface area (TPSA) is 87.5 Å². The maximum Gasteiger partial charge on any atom is 0.259 e. The molecule has 1 aliphatic heterocycles. The minimum atomic E-state index is -0.989. The molecule has 2 heterocycles. The number of amides is 2. The number of halogens is 2. The van der Waals surface area contributed by atoms with Crippen LogP contribution in [0.4, 0.5) is 10.1 Å². The number of nitrogens with one attached hydrogen (secondary N) is 1. The van der Waals surface area contributed by atoms with Crippen LogP contribution in [0.1, 0.15) is 59.9 Å². The van der Waals surface area contributed by atoms with Crippen molar-refractivity contribution in [2.24, 2.45) is 0 Å². The Morgan fingerprint density at radius 3 is 2.27 bits per heavy atom. The molecule has 1 aromatic heterocycles. The third-order valence-corrected chi connectivity index (χ3v) is 7.74. The summed E-state index contributed by atoms with van der Waals surface area (Å²) in [7, 11) is 0. The number of carbonyl (C=O) groups is 2. The smallest absolute Gasteiger partial charge is 0.259 e. The maximum absolute atomic E-state index is 13.6. The summed E-state index contributed by atoms with van der Waals surface area (Å²) >= 11 is 6.43. The summed E-state index contributed by atoms with van der Waals surface area (Å²) in [5, 5.41) is 18.8. The van der Waals surface area contributed by atoms with E-state index in [4.69, 9.17) is 11.6 Å². The van der Waals surface area contributed by atoms with E-state index < -0.39 is 17.0 Å². The number of nitrogens with zero attached hydrogens (tertiary/aromatic N) is 3. The summed E-state index contributed by atoms with van der Waals surface area (Å²) in [5.41, 5.74) is 1.58. The van der Waals surface area contributed by atoms with Crippen LogP contribution in [0.5, 0.6) is 0 Å². The highest BCUT2D eigenvalue weighted by molar-refractivity contribution is 6.34. The average Bonchev–Trinajstić information content (AvgIpc) is 3.41. The van der Waals surface area contributed by atoms with E-state index in [0.29, 0.717) is 48.4 Å². The molecule has 0 spiro atoms. The highest BCUT2D eigenvalue weighted by Gasteiger charge is 2.36. The minimum Gasteiger partial charge on any atom is -0.385 e. The number of benzene rings is 3. The largest absolute Gasteiger partial charge is 0.385 e. The summed E-state index contributed by atoms with van der Waals surface area (Å²) in [6.45, 7) is 6.63. The summed E-state index contributed by atoms with van der Waals surface area (Å²) in [4.78, 5) is 28.6. The Balaban J connectivity index is 1.36. The molecule has 2 amide bonds. The molecule has 0 radical (unpaired) electrons. The van der Waals surface area contributed by atoms with Gasteiger partial charge in [-0.1, -0.05) is 41.9 Å². The first kappa shape index (κ1) is 28.5. The molecule has 5 rings (SSSR count). The van der Waals surface area contributed by atoms with E-state index in [1.54, 1.807) is 39.9 Å². The lowest BCUT2D eigenvalue weighted by atomic mass is 9.84. The third kappa shape index (κ3) is 5.89. The van der Waals surface area contributed by atoms with E-state index >= 15 is 0 Å². The summed E-state index contributed by atoms with van der Waals surface area (Å²) < 4.78 is 15.4. The third-order valence-electron chi connectivity index (χ3n) is 7.41. The zero-order valence-electron chi connectivity index (χ0n) is 23.2. The second-order valence-electron chi connectivity index (χ2n) is 11.3. The number of anilines is 1. The fourth-order valence-electron chi connectivity index (χ4n) is 5.16. The van der Waals surface area contributed by atoms with Crippen LogP contribution in [0.25, 0.3) is 11.3 Å². The van der Waals surface area contributed by atoms with Crippen LogP contribution in [0.15, 0.2) is 79.0 Å². The Bertz CT molecular complexity index is 1570. The van der Waals surface area contributed by atoms with Crippen molar-refractivity contribution < 1.29 is 19.1 Å². The first-order chi connectivity index (χ1) is 19.5. The van der Waals surface area contributed by atoms with E-state index in [1.165, 1.54) is 18.3 Å². The monoisotopic (exact) mass is 574 g/mol. The molecule has 212 valence electrons. The predicted molar refractivity (Wildman–Crippen MR) is 157 cm³/mol. The van der Waals surface area contributed by atoms with Gasteiger partial charge < -0.3 is 15.3 Å². The lowest BCUT2D eigenvalue weighted by molar-refractivity contribution is -0.0211. The quantitative estimate of drug-likeness (QED) is 0.286. The molecule has 2 N–H and O–H groups in total. The van der Waals surface area contributed by atoms with Crippen molar-refractivity contribution >= 4 is 29.1 Å². The van der Waals surface area contributed by atoms with Crippen molar-refractivity contribution in [3.8, 4) is 11.3 Å². The van der Waals surface area contributed by atoms with Gasteiger partial charge in [-0.25, -0.2) is 4.39 Å². The Labute approximate surface area is 243 Å². The van der Waals surface area contributed by atoms with Gasteiger partial charge in [0.15, 0.2) is 0 Å². The van der Waals surface area contributed by atoms with Gasteiger partial charge in [-0.05, 0) is 81.6 Å². The van der Waals surface area contributed by atoms with Gasteiger partial charge in [-0.2, -0.15) is 5.10 Å². The first-order valence-corrected chi connectivity index (χ1v) is 13.9. The zero-order valence-corrected chi connectivity index (χ0v) is 24.0. The van der Waals surface area contributed by atoms with E-state index in [9.17, 15) is 19.1 Å². The Morgan fingerprint density at radius 1 is 0.976 bits per heavy atom. The van der Waals surface area contributed by atoms with Crippen LogP contribution in [0.2, 0.25) is 5.02 Å². The van der Waals surface area contributed by atoms with Gasteiger partial charge in [-0.15, -0.1) is 0 Å². The molecule has 0 bridgehead atoms. The van der Waals surface area contributed by atoms with Gasteiger partial charge >= 0.3 is 0 Å². The van der Waals surface area contributed by atoms with Gasteiger partial charge in [0.2, 0.25) is 0 Å². The van der Waals surface area contributed by atoms with Gasteiger partial charge in [0.1, 0.15) is 5.82 Å². The molecule has 0 atom stereocenters. The molecule has 3 aromatic carbocycles. The van der Waals surface area contributed by atoms with Crippen molar-refractivity contribution in [2.75, 3.05) is 18.4 Å². The van der Waals surface area contributed by atoms with E-state index in [2.05, 4.69) is 10.4 Å². The summed E-state index contributed by atoms with van der Waals surface area (Å²) in [5.74, 6) is -1.07. The minimum absolute atomic E-state index is 0.263. The molecule has 0 unspecified atom stereocenters. The summed E-state index contributed by atoms with van der Waals surface area (Å²) in [6.07, 6.45) is 2.30. The van der Waals surface area contributed by atoms with Crippen molar-refractivity contribution in [3.05, 3.63) is 107 Å². The van der Waals surface area contributed by atoms with Crippen LogP contribution in [0, 0.1) is 5.82 Å². The van der Waals surface area contributed by atoms with Crippen molar-refractivity contribution in [1.29, 1.82) is 0 Å². The molecular formula is C32H32ClFN4O3. The molecular weight excluding hydrogens is 543 g/mol. The van der Waals surface area contributed by atoms with Gasteiger partial charge in [0, 0.05) is 24.3 Å². The van der Waals surface area contributed by atoms with Crippen LogP contribution in [-0.2, 0) is 11.1 Å². The number of carbonyl (C=O) groups excluding carboxylic acids is 2. The number of aromatic nitrogens is 2. The van der Waals surface area contributed by atoms with E-state index in [-0.39, 0.29) is 22.3 Å². The number of likely N-dealkylation sites (tertiary alicyclic amines) is 1. The molecule has 1 aliphatic rings. The Hall–Kier alpha value is -4.01. The van der Waals surface area contributed by atoms with Crippen molar-refractivity contribution in [2.45, 2.75) is 44.8 Å². The Morgan fingerprint density at radius 2 is 1.63 bits per heavy atom. The summed E-state index contributed by atoms with van der Waals surface area (Å²) in [6, 6.07) is 20.2. The molecule has 1 fully saturated rings. The molecule has 41 heavy (non-hydrogen) atoms. The second kappa shape index (κ2) is 11.1. The normalized spacial score (nSPS) is 15.0. The fraction of sp³-hybridized carbons (Fsp3) is 0.281. The van der Waals surface area contributed by atoms with Crippen LogP contribution >= 0.6 is 11.6 Å². The number of hydrogen-bond acceptors (Lipinski definition) is 4. The fourth-order valence-corrected chi connectivity index (χ4v) is 5.36. The number of aliphatic hydroxyl groups is 1. The van der Waals surface area contributed by atoms with Crippen LogP contribution < -0.4 is 5.32 Å². The highest BCUT2D eigenvalue weighted by Crippen LogP contribution is 2.34. The van der Waals surface area contributed by atoms with Gasteiger partial charge in [0.25, 0.3) is 11.8 Å². The van der Waals surface area contributed by atoms with Gasteiger partial charge in [-0.3, -0.25) is 14.3 Å². The Kier molecular flexibility index (Phi) is 7.72. The number of rotatable bonds is 5. The molecule has 0 aliphatic carbocycles. The standard InChI is InChI=1S/C32H32ClFN4O3/c1-31(2,3)38-28(21-9-11-23(34)12-10-21)26(20-35-38)29(39)36-24-13-14-27(33)25(19-24)30(40)37-17-15-32(41,16-18-37)22-7-5-4-6-8-22/h4-14,19-20,41H,15-18H2,1-3H3,(H,36,39). The van der Waals surface area contributed by atoms with E-state index in [0.717, 1.165) is 5.56 Å². The molecule has 0 saturated carbocycles. The highest BCUT2D eigenvalue weighted by atomic mass is 35.5. The van der Waals surface area contributed by atoms with Gasteiger partial charge in [0.05, 0.1) is 39.2 Å². The SMILES string of the molecule is CC(C)(C)n1ncc(C(=O)Nc2ccc(Cl)c(C(=O)N3CCC(O)(c4ccccc4)CC3)c2)c1-c1ccc(F)cc1. The van der Waals surface area contributed by atoms with E-state index in [1.807, 2.05) is 51.1 Å². The van der Waals surface area contributed by atoms with Crippen LogP contribution in [0.3, 0.4) is 0 Å². The van der Waals surface area contributed by atoms with Crippen molar-refractivity contribution in [3.63, 3.8) is 0 Å². The first-order valence-electron chi connectivity index (χ1n) is 13.5. The molecule has 7 nitrogen and oxygen atoms in total. The second-order valence-corrected chi connectivity index (χ2v) is 11.7. The average molecular weight is 575 g/mol. The molecule has 4 aromatic rings. The number of hydrogen-bond donors (Lipinski definition) is 2. The maximum atomic E-state index is 13.6. The lowest BCUT2D eigenvalue weighted by Gasteiger charge is -2.38. The van der Waals surface area contributed by atoms with Crippen LogP contribution in [-0.4, -0.2) is 44.7 Å². The molecule has 9 heteroatoms. The lowest BCUT2D eigenvalue weighted by Crippen LogP contribution is -2.45. The van der Waals surface area contributed by atoms with Crippen molar-refractivity contribution in [1.82, 2.24) is 14.7 Å². The zero-order chi connectivity index (χ0) is 29.4.